The zero-order valence-electron chi connectivity index (χ0n) is 14.2. The highest BCUT2D eigenvalue weighted by Gasteiger charge is 2.21. The van der Waals surface area contributed by atoms with Gasteiger partial charge in [-0.25, -0.2) is 0 Å². The summed E-state index contributed by atoms with van der Waals surface area (Å²) in [5.74, 6) is -0.299. The summed E-state index contributed by atoms with van der Waals surface area (Å²) in [7, 11) is 0. The number of nitrogens with one attached hydrogen (secondary N) is 3. The van der Waals surface area contributed by atoms with Gasteiger partial charge < -0.3 is 16.0 Å². The van der Waals surface area contributed by atoms with Gasteiger partial charge in [0, 0.05) is 16.6 Å². The predicted molar refractivity (Wildman–Crippen MR) is 116 cm³/mol. The Hall–Kier alpha value is -2.34. The first-order chi connectivity index (χ1) is 13.0. The van der Waals surface area contributed by atoms with E-state index in [2.05, 4.69) is 16.0 Å². The third kappa shape index (κ3) is 5.10. The number of thiocarbonyl (C=S) groups is 1. The van der Waals surface area contributed by atoms with Crippen LogP contribution in [0, 0.1) is 0 Å². The summed E-state index contributed by atoms with van der Waals surface area (Å²) in [6.07, 6.45) is -0.754. The zero-order valence-corrected chi connectivity index (χ0v) is 16.5. The van der Waals surface area contributed by atoms with Crippen LogP contribution in [0.15, 0.2) is 72.8 Å². The van der Waals surface area contributed by atoms with E-state index < -0.39 is 11.0 Å². The average molecular weight is 418 g/mol. The minimum atomic E-state index is -0.898. The van der Waals surface area contributed by atoms with Gasteiger partial charge in [0.2, 0.25) is 0 Å². The maximum absolute atomic E-state index is 12.3. The monoisotopic (exact) mass is 417 g/mol. The number of amides is 1. The van der Waals surface area contributed by atoms with E-state index in [9.17, 15) is 4.79 Å². The van der Waals surface area contributed by atoms with Crippen molar-refractivity contribution in [2.75, 3.05) is 5.32 Å². The van der Waals surface area contributed by atoms with Gasteiger partial charge in [-0.2, -0.15) is 0 Å². The number of halogens is 2. The third-order valence-electron chi connectivity index (χ3n) is 3.90. The fourth-order valence-corrected chi connectivity index (χ4v) is 3.10. The van der Waals surface area contributed by atoms with Crippen LogP contribution in [-0.2, 0) is 0 Å². The standard InChI is InChI=1S/C20H17Cl2N3OS/c21-17(22)18(24-19(26)14-8-2-1-3-9-14)25-20(27)23-16-12-6-10-13-7-4-5-11-15(13)16/h1-12,17-18H,(H,24,26)(H2,23,25,27). The highest BCUT2D eigenvalue weighted by molar-refractivity contribution is 7.80. The van der Waals surface area contributed by atoms with E-state index in [4.69, 9.17) is 35.4 Å². The SMILES string of the molecule is O=C(NC(NC(=S)Nc1cccc2ccccc12)C(Cl)Cl)c1ccccc1. The molecule has 1 amide bonds. The fraction of sp³-hybridized carbons (Fsp3) is 0.100. The molecule has 3 rings (SSSR count). The Labute approximate surface area is 172 Å². The third-order valence-corrected chi connectivity index (χ3v) is 4.62. The Morgan fingerprint density at radius 3 is 2.26 bits per heavy atom. The van der Waals surface area contributed by atoms with Crippen LogP contribution in [0.5, 0.6) is 0 Å². The number of anilines is 1. The van der Waals surface area contributed by atoms with Crippen molar-refractivity contribution in [3.8, 4) is 0 Å². The van der Waals surface area contributed by atoms with Crippen molar-refractivity contribution in [2.45, 2.75) is 11.0 Å². The molecule has 0 fully saturated rings. The van der Waals surface area contributed by atoms with Crippen LogP contribution in [0.1, 0.15) is 10.4 Å². The van der Waals surface area contributed by atoms with Gasteiger partial charge in [-0.1, -0.05) is 54.6 Å². The maximum Gasteiger partial charge on any atom is 0.252 e. The van der Waals surface area contributed by atoms with E-state index in [0.29, 0.717) is 10.7 Å². The number of alkyl halides is 2. The van der Waals surface area contributed by atoms with Gasteiger partial charge >= 0.3 is 0 Å². The molecule has 1 atom stereocenters. The summed E-state index contributed by atoms with van der Waals surface area (Å²) < 4.78 is 0. The van der Waals surface area contributed by atoms with Crippen LogP contribution in [0.4, 0.5) is 5.69 Å². The van der Waals surface area contributed by atoms with E-state index >= 15 is 0 Å². The topological polar surface area (TPSA) is 53.2 Å². The van der Waals surface area contributed by atoms with Crippen LogP contribution in [0.3, 0.4) is 0 Å². The number of hydrogen-bond acceptors (Lipinski definition) is 2. The molecule has 0 saturated heterocycles. The van der Waals surface area contributed by atoms with Crippen molar-refractivity contribution in [3.05, 3.63) is 78.4 Å². The highest BCUT2D eigenvalue weighted by Crippen LogP contribution is 2.22. The van der Waals surface area contributed by atoms with E-state index in [1.807, 2.05) is 48.5 Å². The molecule has 0 aromatic heterocycles. The molecule has 4 nitrogen and oxygen atoms in total. The first-order valence-electron chi connectivity index (χ1n) is 8.24. The lowest BCUT2D eigenvalue weighted by atomic mass is 10.1. The van der Waals surface area contributed by atoms with Crippen molar-refractivity contribution < 1.29 is 4.79 Å². The molecule has 3 aromatic rings. The minimum Gasteiger partial charge on any atom is -0.340 e. The molecule has 0 aliphatic heterocycles. The minimum absolute atomic E-state index is 0.299. The second-order valence-electron chi connectivity index (χ2n) is 5.78. The molecular formula is C20H17Cl2N3OS. The van der Waals surface area contributed by atoms with Gasteiger partial charge in [-0.05, 0) is 35.8 Å². The molecule has 0 radical (unpaired) electrons. The predicted octanol–water partition coefficient (Wildman–Crippen LogP) is 4.69. The molecule has 0 aliphatic rings. The highest BCUT2D eigenvalue weighted by atomic mass is 35.5. The summed E-state index contributed by atoms with van der Waals surface area (Å²) in [5.41, 5.74) is 1.35. The van der Waals surface area contributed by atoms with E-state index in [-0.39, 0.29) is 5.91 Å². The van der Waals surface area contributed by atoms with Crippen LogP contribution < -0.4 is 16.0 Å². The van der Waals surface area contributed by atoms with Crippen molar-refractivity contribution in [2.24, 2.45) is 0 Å². The first kappa shape index (κ1) is 19.4. The van der Waals surface area contributed by atoms with Gasteiger partial charge in [0.1, 0.15) is 11.0 Å². The van der Waals surface area contributed by atoms with Crippen LogP contribution >= 0.6 is 35.4 Å². The second-order valence-corrected chi connectivity index (χ2v) is 7.35. The van der Waals surface area contributed by atoms with Crippen molar-refractivity contribution in [1.82, 2.24) is 10.6 Å². The summed E-state index contributed by atoms with van der Waals surface area (Å²) in [5, 5.41) is 11.3. The number of rotatable bonds is 5. The maximum atomic E-state index is 12.3. The van der Waals surface area contributed by atoms with Crippen LogP contribution in [0.25, 0.3) is 10.8 Å². The fourth-order valence-electron chi connectivity index (χ4n) is 2.61. The van der Waals surface area contributed by atoms with Gasteiger partial charge in [0.25, 0.3) is 5.91 Å². The molecule has 0 heterocycles. The number of hydrogen-bond donors (Lipinski definition) is 3. The van der Waals surface area contributed by atoms with Gasteiger partial charge in [0.05, 0.1) is 0 Å². The average Bonchev–Trinajstić information content (AvgIpc) is 2.68. The molecule has 0 aliphatic carbocycles. The Morgan fingerprint density at radius 1 is 0.852 bits per heavy atom. The lowest BCUT2D eigenvalue weighted by Gasteiger charge is -2.23. The summed E-state index contributed by atoms with van der Waals surface area (Å²) in [6.45, 7) is 0. The van der Waals surface area contributed by atoms with Crippen molar-refractivity contribution in [1.29, 1.82) is 0 Å². The summed E-state index contributed by atoms with van der Waals surface area (Å²) >= 11 is 17.4. The smallest absolute Gasteiger partial charge is 0.252 e. The Morgan fingerprint density at radius 2 is 1.52 bits per heavy atom. The van der Waals surface area contributed by atoms with E-state index in [1.54, 1.807) is 24.3 Å². The number of fused-ring (bicyclic) bond motifs is 1. The number of benzene rings is 3. The normalized spacial score (nSPS) is 11.8. The lowest BCUT2D eigenvalue weighted by Crippen LogP contribution is -2.52. The first-order valence-corrected chi connectivity index (χ1v) is 9.52. The Kier molecular flexibility index (Phi) is 6.50. The van der Waals surface area contributed by atoms with E-state index in [1.165, 1.54) is 0 Å². The second kappa shape index (κ2) is 9.04. The molecule has 0 bridgehead atoms. The molecule has 3 aromatic carbocycles. The molecule has 0 saturated carbocycles. The molecular weight excluding hydrogens is 401 g/mol. The largest absolute Gasteiger partial charge is 0.340 e. The molecule has 138 valence electrons. The zero-order chi connectivity index (χ0) is 19.2. The molecule has 3 N–H and O–H groups in total. The summed E-state index contributed by atoms with van der Waals surface area (Å²) in [6, 6.07) is 22.6. The van der Waals surface area contributed by atoms with Gasteiger partial charge in [0.15, 0.2) is 5.11 Å². The van der Waals surface area contributed by atoms with Crippen molar-refractivity contribution in [3.63, 3.8) is 0 Å². The van der Waals surface area contributed by atoms with Gasteiger partial charge in [-0.15, -0.1) is 23.2 Å². The van der Waals surface area contributed by atoms with Gasteiger partial charge in [-0.3, -0.25) is 4.79 Å². The molecule has 1 unspecified atom stereocenters. The quantitative estimate of drug-likeness (QED) is 0.320. The number of carbonyl (C=O) groups excluding carboxylic acids is 1. The molecule has 0 spiro atoms. The van der Waals surface area contributed by atoms with Crippen LogP contribution in [-0.4, -0.2) is 22.0 Å². The Balaban J connectivity index is 1.69. The van der Waals surface area contributed by atoms with Crippen LogP contribution in [0.2, 0.25) is 0 Å². The molecule has 27 heavy (non-hydrogen) atoms. The molecule has 7 heteroatoms. The lowest BCUT2D eigenvalue weighted by molar-refractivity contribution is 0.0936. The summed E-state index contributed by atoms with van der Waals surface area (Å²) in [4.78, 5) is 11.4. The van der Waals surface area contributed by atoms with E-state index in [0.717, 1.165) is 16.5 Å². The number of carbonyl (C=O) groups is 1. The van der Waals surface area contributed by atoms with Crippen molar-refractivity contribution >= 4 is 62.9 Å². The Bertz CT molecular complexity index is 945.